The molecule has 0 radical (unpaired) electrons. The lowest BCUT2D eigenvalue weighted by Crippen LogP contribution is -2.31. The second-order valence-corrected chi connectivity index (χ2v) is 5.17. The first-order valence-corrected chi connectivity index (χ1v) is 5.29. The van der Waals surface area contributed by atoms with E-state index < -0.39 is 0 Å². The fraction of sp³-hybridized carbons (Fsp3) is 0.583. The van der Waals surface area contributed by atoms with Gasteiger partial charge in [-0.3, -0.25) is 0 Å². The Balaban J connectivity index is 2.82. The second kappa shape index (κ2) is 4.09. The first-order chi connectivity index (χ1) is 6.80. The van der Waals surface area contributed by atoms with Gasteiger partial charge in [-0.25, -0.2) is 4.98 Å². The van der Waals surface area contributed by atoms with Crippen LogP contribution in [-0.2, 0) is 0 Å². The molecule has 0 aliphatic rings. The molecule has 1 heterocycles. The Hall–Kier alpha value is -1.25. The molecule has 1 unspecified atom stereocenters. The molecule has 3 heteroatoms. The van der Waals surface area contributed by atoms with Crippen molar-refractivity contribution < 1.29 is 0 Å². The third-order valence-electron chi connectivity index (χ3n) is 2.75. The van der Waals surface area contributed by atoms with Crippen molar-refractivity contribution in [1.82, 2.24) is 4.98 Å². The Bertz CT molecular complexity index is 339. The average molecular weight is 207 g/mol. The fourth-order valence-electron chi connectivity index (χ4n) is 1.17. The minimum atomic E-state index is 0.218. The quantitative estimate of drug-likeness (QED) is 0.784. The first-order valence-electron chi connectivity index (χ1n) is 5.29. The van der Waals surface area contributed by atoms with Crippen molar-refractivity contribution in [3.63, 3.8) is 0 Å². The van der Waals surface area contributed by atoms with Crippen LogP contribution in [0.15, 0.2) is 12.3 Å². The summed E-state index contributed by atoms with van der Waals surface area (Å²) in [7, 11) is 0. The molecule has 0 fully saturated rings. The van der Waals surface area contributed by atoms with Crippen LogP contribution < -0.4 is 11.1 Å². The topological polar surface area (TPSA) is 50.9 Å². The van der Waals surface area contributed by atoms with Crippen LogP contribution in [-0.4, -0.2) is 11.0 Å². The second-order valence-electron chi connectivity index (χ2n) is 5.17. The van der Waals surface area contributed by atoms with Gasteiger partial charge in [0.05, 0.1) is 11.9 Å². The van der Waals surface area contributed by atoms with Gasteiger partial charge < -0.3 is 11.1 Å². The van der Waals surface area contributed by atoms with Crippen LogP contribution in [0.5, 0.6) is 0 Å². The highest BCUT2D eigenvalue weighted by Gasteiger charge is 2.20. The summed E-state index contributed by atoms with van der Waals surface area (Å²) in [6.07, 6.45) is 1.69. The number of rotatable bonds is 2. The third-order valence-corrected chi connectivity index (χ3v) is 2.75. The van der Waals surface area contributed by atoms with Crippen molar-refractivity contribution in [2.45, 2.75) is 40.7 Å². The van der Waals surface area contributed by atoms with Gasteiger partial charge in [-0.05, 0) is 30.9 Å². The summed E-state index contributed by atoms with van der Waals surface area (Å²) in [6.45, 7) is 10.8. The van der Waals surface area contributed by atoms with E-state index in [-0.39, 0.29) is 5.41 Å². The van der Waals surface area contributed by atoms with Crippen LogP contribution in [0.1, 0.15) is 33.3 Å². The van der Waals surface area contributed by atoms with E-state index >= 15 is 0 Å². The largest absolute Gasteiger partial charge is 0.397 e. The van der Waals surface area contributed by atoms with E-state index in [0.717, 1.165) is 11.4 Å². The van der Waals surface area contributed by atoms with Gasteiger partial charge in [0.25, 0.3) is 0 Å². The van der Waals surface area contributed by atoms with Gasteiger partial charge in [-0.15, -0.1) is 0 Å². The summed E-state index contributed by atoms with van der Waals surface area (Å²) < 4.78 is 0. The number of pyridine rings is 1. The van der Waals surface area contributed by atoms with Crippen LogP contribution >= 0.6 is 0 Å². The van der Waals surface area contributed by atoms with Gasteiger partial charge in [-0.2, -0.15) is 0 Å². The molecule has 1 rings (SSSR count). The fourth-order valence-corrected chi connectivity index (χ4v) is 1.17. The summed E-state index contributed by atoms with van der Waals surface area (Å²) in [5, 5.41) is 3.41. The smallest absolute Gasteiger partial charge is 0.129 e. The molecule has 1 aromatic rings. The third kappa shape index (κ3) is 3.11. The molecule has 0 spiro atoms. The summed E-state index contributed by atoms with van der Waals surface area (Å²) in [6, 6.07) is 2.30. The Morgan fingerprint density at radius 3 is 2.47 bits per heavy atom. The van der Waals surface area contributed by atoms with E-state index in [1.165, 1.54) is 0 Å². The molecule has 0 aliphatic carbocycles. The number of nitrogens with two attached hydrogens (primary N) is 1. The van der Waals surface area contributed by atoms with Gasteiger partial charge in [0.2, 0.25) is 0 Å². The molecule has 1 atom stereocenters. The number of hydrogen-bond donors (Lipinski definition) is 2. The molecule has 1 aromatic heterocycles. The minimum absolute atomic E-state index is 0.218. The van der Waals surface area contributed by atoms with Crippen molar-refractivity contribution in [2.75, 3.05) is 11.1 Å². The highest BCUT2D eigenvalue weighted by atomic mass is 15.0. The maximum Gasteiger partial charge on any atom is 0.129 e. The number of nitrogens with one attached hydrogen (secondary N) is 1. The lowest BCUT2D eigenvalue weighted by atomic mass is 9.88. The van der Waals surface area contributed by atoms with Crippen LogP contribution in [0.3, 0.4) is 0 Å². The number of nitrogen functional groups attached to an aromatic ring is 1. The average Bonchev–Trinajstić information content (AvgIpc) is 2.08. The van der Waals surface area contributed by atoms with Crippen LogP contribution in [0.2, 0.25) is 0 Å². The van der Waals surface area contributed by atoms with Crippen molar-refractivity contribution in [2.24, 2.45) is 5.41 Å². The number of hydrogen-bond acceptors (Lipinski definition) is 3. The molecular weight excluding hydrogens is 186 g/mol. The Kier molecular flexibility index (Phi) is 3.22. The molecule has 3 N–H and O–H groups in total. The molecule has 0 amide bonds. The monoisotopic (exact) mass is 207 g/mol. The highest BCUT2D eigenvalue weighted by Crippen LogP contribution is 2.23. The zero-order valence-corrected chi connectivity index (χ0v) is 10.3. The van der Waals surface area contributed by atoms with E-state index in [1.54, 1.807) is 6.20 Å². The van der Waals surface area contributed by atoms with Crippen LogP contribution in [0.4, 0.5) is 11.5 Å². The van der Waals surface area contributed by atoms with Crippen molar-refractivity contribution >= 4 is 11.5 Å². The van der Waals surface area contributed by atoms with E-state index in [0.29, 0.717) is 11.7 Å². The van der Waals surface area contributed by atoms with Gasteiger partial charge >= 0.3 is 0 Å². The van der Waals surface area contributed by atoms with E-state index in [9.17, 15) is 0 Å². The summed E-state index contributed by atoms with van der Waals surface area (Å²) in [5.41, 5.74) is 7.67. The standard InChI is InChI=1S/C12H21N3/c1-8-6-10(13)7-14-11(8)15-9(2)12(3,4)5/h6-7,9H,13H2,1-5H3,(H,14,15). The molecule has 0 saturated heterocycles. The first kappa shape index (κ1) is 11.8. The predicted molar refractivity (Wildman–Crippen MR) is 65.9 cm³/mol. The van der Waals surface area contributed by atoms with E-state index in [4.69, 9.17) is 5.73 Å². The number of anilines is 2. The molecule has 0 bridgehead atoms. The van der Waals surface area contributed by atoms with Crippen LogP contribution in [0.25, 0.3) is 0 Å². The van der Waals surface area contributed by atoms with Gasteiger partial charge in [-0.1, -0.05) is 20.8 Å². The maximum absolute atomic E-state index is 5.65. The van der Waals surface area contributed by atoms with Crippen molar-refractivity contribution in [3.8, 4) is 0 Å². The SMILES string of the molecule is Cc1cc(N)cnc1NC(C)C(C)(C)C. The Morgan fingerprint density at radius 2 is 2.00 bits per heavy atom. The number of aromatic nitrogens is 1. The molecule has 84 valence electrons. The van der Waals surface area contributed by atoms with Gasteiger partial charge in [0, 0.05) is 6.04 Å². The highest BCUT2D eigenvalue weighted by molar-refractivity contribution is 5.51. The van der Waals surface area contributed by atoms with Crippen LogP contribution in [0, 0.1) is 12.3 Å². The van der Waals surface area contributed by atoms with Crippen molar-refractivity contribution in [3.05, 3.63) is 17.8 Å². The van der Waals surface area contributed by atoms with Gasteiger partial charge in [0.15, 0.2) is 0 Å². The predicted octanol–water partition coefficient (Wildman–Crippen LogP) is 2.82. The lowest BCUT2D eigenvalue weighted by molar-refractivity contribution is 0.358. The summed E-state index contributed by atoms with van der Waals surface area (Å²) in [5.74, 6) is 0.923. The van der Waals surface area contributed by atoms with Crippen molar-refractivity contribution in [1.29, 1.82) is 0 Å². The molecule has 0 aromatic carbocycles. The summed E-state index contributed by atoms with van der Waals surface area (Å²) in [4.78, 5) is 4.30. The minimum Gasteiger partial charge on any atom is -0.397 e. The van der Waals surface area contributed by atoms with E-state index in [1.807, 2.05) is 13.0 Å². The zero-order valence-electron chi connectivity index (χ0n) is 10.3. The molecule has 0 aliphatic heterocycles. The molecule has 3 nitrogen and oxygen atoms in total. The molecule has 0 saturated carbocycles. The zero-order chi connectivity index (χ0) is 11.6. The Labute approximate surface area is 92.1 Å². The van der Waals surface area contributed by atoms with Gasteiger partial charge in [0.1, 0.15) is 5.82 Å². The Morgan fingerprint density at radius 1 is 1.40 bits per heavy atom. The molecule has 15 heavy (non-hydrogen) atoms. The van der Waals surface area contributed by atoms with E-state index in [2.05, 4.69) is 38.0 Å². The normalized spacial score (nSPS) is 13.7. The maximum atomic E-state index is 5.65. The number of nitrogens with zero attached hydrogens (tertiary/aromatic N) is 1. The number of aryl methyl sites for hydroxylation is 1. The lowest BCUT2D eigenvalue weighted by Gasteiger charge is -2.29. The summed E-state index contributed by atoms with van der Waals surface area (Å²) >= 11 is 0. The molecular formula is C12H21N3.